The summed E-state index contributed by atoms with van der Waals surface area (Å²) < 4.78 is 56.2. The van der Waals surface area contributed by atoms with Crippen molar-refractivity contribution in [2.45, 2.75) is 6.61 Å². The number of rotatable bonds is 6. The summed E-state index contributed by atoms with van der Waals surface area (Å²) in [6.07, 6.45) is 0. The van der Waals surface area contributed by atoms with Gasteiger partial charge >= 0.3 is 0 Å². The molecule has 6 nitrogen and oxygen atoms in total. The van der Waals surface area contributed by atoms with Crippen LogP contribution < -0.4 is 15.2 Å². The van der Waals surface area contributed by atoms with Crippen LogP contribution in [0, 0.1) is 11.6 Å². The predicted octanol–water partition coefficient (Wildman–Crippen LogP) is 3.46. The quantitative estimate of drug-likeness (QED) is 0.622. The molecule has 3 N–H and O–H groups in total. The van der Waals surface area contributed by atoms with Crippen molar-refractivity contribution in [3.05, 3.63) is 59.0 Å². The first kappa shape index (κ1) is 18.2. The topological polar surface area (TPSA) is 100 Å². The number of ether oxygens (including phenoxy) is 1. The van der Waals surface area contributed by atoms with E-state index in [4.69, 9.17) is 10.5 Å². The number of nitrogen functional groups attached to an aromatic ring is 1. The Morgan fingerprint density at radius 1 is 1.27 bits per heavy atom. The standard InChI is InChI=1S/C16H13F2N3O3S2/c17-11-2-4-15(12(18)6-11)24-7-10-5-9(14-8-25-16(19)20-14)1-3-13(10)21-26(22)23/h1-6,8,21H,7H2,(H2,19,20)(H,22,23)/p-1. The van der Waals surface area contributed by atoms with Crippen LogP contribution in [0.25, 0.3) is 11.3 Å². The van der Waals surface area contributed by atoms with Crippen LogP contribution in [0.2, 0.25) is 0 Å². The summed E-state index contributed by atoms with van der Waals surface area (Å²) in [5.41, 5.74) is 7.66. The third-order valence-electron chi connectivity index (χ3n) is 3.39. The first-order valence-corrected chi connectivity index (χ1v) is 9.16. The minimum atomic E-state index is -2.54. The van der Waals surface area contributed by atoms with Crippen LogP contribution in [0.15, 0.2) is 41.8 Å². The van der Waals surface area contributed by atoms with Crippen molar-refractivity contribution >= 4 is 33.4 Å². The van der Waals surface area contributed by atoms with Crippen molar-refractivity contribution in [2.75, 3.05) is 10.5 Å². The highest BCUT2D eigenvalue weighted by Gasteiger charge is 2.11. The van der Waals surface area contributed by atoms with Gasteiger partial charge in [-0.25, -0.2) is 13.8 Å². The fourth-order valence-electron chi connectivity index (χ4n) is 2.23. The van der Waals surface area contributed by atoms with Crippen LogP contribution in [0.4, 0.5) is 19.6 Å². The lowest BCUT2D eigenvalue weighted by Gasteiger charge is -2.15. The van der Waals surface area contributed by atoms with Gasteiger partial charge in [-0.3, -0.25) is 4.21 Å². The third kappa shape index (κ3) is 4.34. The highest BCUT2D eigenvalue weighted by atomic mass is 32.2. The summed E-state index contributed by atoms with van der Waals surface area (Å²) in [5.74, 6) is -1.72. The van der Waals surface area contributed by atoms with Gasteiger partial charge in [-0.15, -0.1) is 11.3 Å². The minimum absolute atomic E-state index is 0.143. The normalized spacial score (nSPS) is 12.0. The Balaban J connectivity index is 1.89. The van der Waals surface area contributed by atoms with Gasteiger partial charge in [0, 0.05) is 33.8 Å². The maximum Gasteiger partial charge on any atom is 0.180 e. The molecule has 1 unspecified atom stereocenters. The van der Waals surface area contributed by atoms with Gasteiger partial charge in [0.15, 0.2) is 16.7 Å². The average Bonchev–Trinajstić information content (AvgIpc) is 3.01. The van der Waals surface area contributed by atoms with Gasteiger partial charge in [0.2, 0.25) is 0 Å². The molecule has 0 bridgehead atoms. The zero-order valence-electron chi connectivity index (χ0n) is 13.1. The van der Waals surface area contributed by atoms with E-state index in [9.17, 15) is 17.5 Å². The second-order valence-corrected chi connectivity index (χ2v) is 6.71. The summed E-state index contributed by atoms with van der Waals surface area (Å²) in [6, 6.07) is 7.81. The summed E-state index contributed by atoms with van der Waals surface area (Å²) in [5, 5.41) is 2.16. The van der Waals surface area contributed by atoms with Crippen molar-refractivity contribution in [1.82, 2.24) is 4.98 Å². The molecule has 0 spiro atoms. The van der Waals surface area contributed by atoms with Crippen LogP contribution in [-0.4, -0.2) is 13.7 Å². The van der Waals surface area contributed by atoms with Gasteiger partial charge < -0.3 is 19.7 Å². The minimum Gasteiger partial charge on any atom is -0.755 e. The molecule has 0 saturated carbocycles. The van der Waals surface area contributed by atoms with E-state index in [1.54, 1.807) is 23.6 Å². The van der Waals surface area contributed by atoms with Gasteiger partial charge in [0.25, 0.3) is 0 Å². The maximum absolute atomic E-state index is 13.7. The molecule has 136 valence electrons. The number of anilines is 2. The molecule has 0 aliphatic heterocycles. The lowest BCUT2D eigenvalue weighted by Crippen LogP contribution is -2.07. The highest BCUT2D eigenvalue weighted by Crippen LogP contribution is 2.29. The largest absolute Gasteiger partial charge is 0.755 e. The summed E-state index contributed by atoms with van der Waals surface area (Å²) in [7, 11) is 0. The Morgan fingerprint density at radius 3 is 2.73 bits per heavy atom. The van der Waals surface area contributed by atoms with Crippen LogP contribution >= 0.6 is 11.3 Å². The molecule has 1 atom stereocenters. The number of hydrogen-bond acceptors (Lipinski definition) is 6. The molecule has 0 radical (unpaired) electrons. The number of nitrogens with zero attached hydrogens (tertiary/aromatic N) is 1. The van der Waals surface area contributed by atoms with Crippen LogP contribution in [0.1, 0.15) is 5.56 Å². The molecule has 0 aliphatic carbocycles. The first-order chi connectivity index (χ1) is 12.4. The van der Waals surface area contributed by atoms with E-state index in [1.165, 1.54) is 11.3 Å². The molecule has 26 heavy (non-hydrogen) atoms. The lowest BCUT2D eigenvalue weighted by molar-refractivity contribution is 0.290. The molecule has 0 amide bonds. The molecule has 10 heteroatoms. The number of halogens is 2. The van der Waals surface area contributed by atoms with Gasteiger partial charge in [0.1, 0.15) is 12.4 Å². The fourth-order valence-corrected chi connectivity index (χ4v) is 3.18. The Morgan fingerprint density at radius 2 is 2.08 bits per heavy atom. The molecule has 1 heterocycles. The molecule has 3 aromatic rings. The monoisotopic (exact) mass is 396 g/mol. The Bertz CT molecular complexity index is 966. The summed E-state index contributed by atoms with van der Waals surface area (Å²) in [6.45, 7) is -0.143. The molecule has 3 rings (SSSR count). The third-order valence-corrected chi connectivity index (χ3v) is 4.45. The van der Waals surface area contributed by atoms with Crippen molar-refractivity contribution < 1.29 is 22.3 Å². The lowest BCUT2D eigenvalue weighted by atomic mass is 10.1. The van der Waals surface area contributed by atoms with E-state index in [0.717, 1.165) is 12.1 Å². The first-order valence-electron chi connectivity index (χ1n) is 7.20. The van der Waals surface area contributed by atoms with Crippen molar-refractivity contribution in [2.24, 2.45) is 0 Å². The van der Waals surface area contributed by atoms with E-state index in [1.807, 2.05) is 0 Å². The molecule has 1 aromatic heterocycles. The second kappa shape index (κ2) is 7.77. The van der Waals surface area contributed by atoms with Crippen LogP contribution in [0.5, 0.6) is 5.75 Å². The van der Waals surface area contributed by atoms with Crippen LogP contribution in [-0.2, 0) is 17.9 Å². The molecule has 0 saturated heterocycles. The van der Waals surface area contributed by atoms with Gasteiger partial charge in [-0.1, -0.05) is 6.07 Å². The molecule has 0 aliphatic rings. The van der Waals surface area contributed by atoms with Crippen molar-refractivity contribution in [1.29, 1.82) is 0 Å². The van der Waals surface area contributed by atoms with Gasteiger partial charge in [0.05, 0.1) is 11.4 Å². The molecular formula is C16H12F2N3O3S2-. The van der Waals surface area contributed by atoms with E-state index >= 15 is 0 Å². The highest BCUT2D eigenvalue weighted by molar-refractivity contribution is 7.80. The number of hydrogen-bond donors (Lipinski definition) is 2. The molecule has 0 fully saturated rings. The number of nitrogens with one attached hydrogen (secondary N) is 1. The number of thiazole rings is 1. The van der Waals surface area contributed by atoms with Crippen molar-refractivity contribution in [3.63, 3.8) is 0 Å². The van der Waals surface area contributed by atoms with Crippen LogP contribution in [0.3, 0.4) is 0 Å². The van der Waals surface area contributed by atoms with E-state index in [2.05, 4.69) is 9.71 Å². The molecule has 2 aromatic carbocycles. The predicted molar refractivity (Wildman–Crippen MR) is 95.2 cm³/mol. The number of aromatic nitrogens is 1. The Kier molecular flexibility index (Phi) is 5.45. The zero-order valence-corrected chi connectivity index (χ0v) is 14.7. The van der Waals surface area contributed by atoms with E-state index < -0.39 is 22.9 Å². The Labute approximate surface area is 154 Å². The number of benzene rings is 2. The van der Waals surface area contributed by atoms with E-state index in [0.29, 0.717) is 28.0 Å². The average molecular weight is 396 g/mol. The maximum atomic E-state index is 13.7. The van der Waals surface area contributed by atoms with Gasteiger partial charge in [-0.2, -0.15) is 0 Å². The smallest absolute Gasteiger partial charge is 0.180 e. The zero-order chi connectivity index (χ0) is 18.7. The second-order valence-electron chi connectivity index (χ2n) is 5.14. The Hall–Kier alpha value is -2.56. The van der Waals surface area contributed by atoms with Crippen molar-refractivity contribution in [3.8, 4) is 17.0 Å². The summed E-state index contributed by atoms with van der Waals surface area (Å²) >= 11 is -1.27. The van der Waals surface area contributed by atoms with E-state index in [-0.39, 0.29) is 18.0 Å². The SMILES string of the molecule is Nc1nc(-c2ccc(NS(=O)[O-])c(COc3ccc(F)cc3F)c2)cs1. The number of nitrogens with two attached hydrogens (primary N) is 1. The summed E-state index contributed by atoms with van der Waals surface area (Å²) in [4.78, 5) is 4.17. The molecular weight excluding hydrogens is 384 g/mol. The fraction of sp³-hybridized carbons (Fsp3) is 0.0625. The van der Waals surface area contributed by atoms with Gasteiger partial charge in [-0.05, 0) is 24.3 Å².